The Morgan fingerprint density at radius 1 is 1.25 bits per heavy atom. The Labute approximate surface area is 122 Å². The van der Waals surface area contributed by atoms with E-state index in [9.17, 15) is 5.11 Å². The van der Waals surface area contributed by atoms with Crippen LogP contribution in [0.3, 0.4) is 0 Å². The van der Waals surface area contributed by atoms with E-state index in [0.717, 1.165) is 30.2 Å². The average molecular weight is 280 g/mol. The molecule has 0 fully saturated rings. The zero-order valence-electron chi connectivity index (χ0n) is 13.3. The molecule has 1 aromatic heterocycles. The lowest BCUT2D eigenvalue weighted by molar-refractivity contribution is 0.251. The molecule has 3 N–H and O–H groups in total. The Bertz CT molecular complexity index is 422. The second-order valence-corrected chi connectivity index (χ2v) is 5.68. The second-order valence-electron chi connectivity index (χ2n) is 5.68. The van der Waals surface area contributed by atoms with Crippen LogP contribution in [0.1, 0.15) is 58.9 Å². The molecular weight excluding hydrogens is 252 g/mol. The predicted octanol–water partition coefficient (Wildman–Crippen LogP) is 2.99. The highest BCUT2D eigenvalue weighted by molar-refractivity contribution is 5.59. The van der Waals surface area contributed by atoms with Gasteiger partial charge in [-0.2, -0.15) is 0 Å². The number of nitrogens with one attached hydrogen (secondary N) is 2. The third-order valence-electron chi connectivity index (χ3n) is 3.67. The van der Waals surface area contributed by atoms with Crippen LogP contribution >= 0.6 is 0 Å². The first kappa shape index (κ1) is 16.7. The van der Waals surface area contributed by atoms with Gasteiger partial charge in [-0.25, -0.2) is 9.97 Å². The van der Waals surface area contributed by atoms with Crippen LogP contribution in [0.4, 0.5) is 11.6 Å². The van der Waals surface area contributed by atoms with Gasteiger partial charge < -0.3 is 15.7 Å². The fourth-order valence-electron chi connectivity index (χ4n) is 2.21. The lowest BCUT2D eigenvalue weighted by Gasteiger charge is -2.31. The van der Waals surface area contributed by atoms with E-state index in [2.05, 4.69) is 55.2 Å². The minimum absolute atomic E-state index is 0.157. The standard InChI is InChI=1S/C15H28N4O/c1-6-15(5,8-9-20)19-14-12(11(3)4)13(16-7-2)17-10-18-14/h10-11,20H,6-9H2,1-5H3,(H2,16,17,18,19). The van der Waals surface area contributed by atoms with Crippen molar-refractivity contribution in [2.75, 3.05) is 23.8 Å². The van der Waals surface area contributed by atoms with Gasteiger partial charge >= 0.3 is 0 Å². The van der Waals surface area contributed by atoms with Crippen LogP contribution in [0.5, 0.6) is 0 Å². The minimum atomic E-state index is -0.157. The molecule has 0 aliphatic carbocycles. The predicted molar refractivity (Wildman–Crippen MR) is 84.3 cm³/mol. The van der Waals surface area contributed by atoms with Gasteiger partial charge in [0.05, 0.1) is 0 Å². The van der Waals surface area contributed by atoms with Gasteiger partial charge in [0.2, 0.25) is 0 Å². The number of aliphatic hydroxyl groups excluding tert-OH is 1. The maximum Gasteiger partial charge on any atom is 0.135 e. The summed E-state index contributed by atoms with van der Waals surface area (Å²) in [5.74, 6) is 2.08. The molecule has 0 saturated carbocycles. The molecule has 5 heteroatoms. The van der Waals surface area contributed by atoms with E-state index < -0.39 is 0 Å². The van der Waals surface area contributed by atoms with Crippen molar-refractivity contribution in [2.45, 2.75) is 58.9 Å². The molecule has 1 heterocycles. The van der Waals surface area contributed by atoms with Crippen molar-refractivity contribution < 1.29 is 5.11 Å². The highest BCUT2D eigenvalue weighted by Crippen LogP contribution is 2.31. The van der Waals surface area contributed by atoms with Crippen LogP contribution in [0.15, 0.2) is 6.33 Å². The number of nitrogens with zero attached hydrogens (tertiary/aromatic N) is 2. The lowest BCUT2D eigenvalue weighted by atomic mass is 9.94. The van der Waals surface area contributed by atoms with Crippen LogP contribution in [0, 0.1) is 0 Å². The highest BCUT2D eigenvalue weighted by atomic mass is 16.3. The van der Waals surface area contributed by atoms with Crippen molar-refractivity contribution in [3.63, 3.8) is 0 Å². The van der Waals surface area contributed by atoms with Crippen molar-refractivity contribution in [3.8, 4) is 0 Å². The summed E-state index contributed by atoms with van der Waals surface area (Å²) in [6.45, 7) is 11.6. The molecule has 5 nitrogen and oxygen atoms in total. The van der Waals surface area contributed by atoms with Crippen molar-refractivity contribution in [1.82, 2.24) is 9.97 Å². The largest absolute Gasteiger partial charge is 0.396 e. The fraction of sp³-hybridized carbons (Fsp3) is 0.733. The van der Waals surface area contributed by atoms with Gasteiger partial charge in [0, 0.05) is 24.3 Å². The van der Waals surface area contributed by atoms with Crippen LogP contribution < -0.4 is 10.6 Å². The van der Waals surface area contributed by atoms with Crippen molar-refractivity contribution in [2.24, 2.45) is 0 Å². The monoisotopic (exact) mass is 280 g/mol. The van der Waals surface area contributed by atoms with E-state index in [-0.39, 0.29) is 12.1 Å². The topological polar surface area (TPSA) is 70.1 Å². The number of aromatic nitrogens is 2. The number of aliphatic hydroxyl groups is 1. The molecule has 20 heavy (non-hydrogen) atoms. The normalized spacial score (nSPS) is 14.2. The van der Waals surface area contributed by atoms with E-state index in [0.29, 0.717) is 12.3 Å². The molecule has 0 radical (unpaired) electrons. The summed E-state index contributed by atoms with van der Waals surface area (Å²) in [7, 11) is 0. The fourth-order valence-corrected chi connectivity index (χ4v) is 2.21. The van der Waals surface area contributed by atoms with Gasteiger partial charge in [0.1, 0.15) is 18.0 Å². The molecule has 0 aliphatic rings. The van der Waals surface area contributed by atoms with Crippen LogP contribution in [0.25, 0.3) is 0 Å². The van der Waals surface area contributed by atoms with E-state index in [4.69, 9.17) is 0 Å². The average Bonchev–Trinajstić information content (AvgIpc) is 2.39. The Balaban J connectivity index is 3.13. The number of anilines is 2. The zero-order chi connectivity index (χ0) is 15.2. The molecule has 0 saturated heterocycles. The molecule has 114 valence electrons. The Morgan fingerprint density at radius 2 is 1.90 bits per heavy atom. The summed E-state index contributed by atoms with van der Waals surface area (Å²) in [6.07, 6.45) is 3.20. The van der Waals surface area contributed by atoms with Gasteiger partial charge in [0.15, 0.2) is 0 Å². The number of hydrogen-bond acceptors (Lipinski definition) is 5. The quantitative estimate of drug-likeness (QED) is 0.683. The molecule has 0 spiro atoms. The van der Waals surface area contributed by atoms with Crippen molar-refractivity contribution in [1.29, 1.82) is 0 Å². The van der Waals surface area contributed by atoms with Gasteiger partial charge in [-0.3, -0.25) is 0 Å². The molecule has 1 unspecified atom stereocenters. The highest BCUT2D eigenvalue weighted by Gasteiger charge is 2.24. The second kappa shape index (κ2) is 7.43. The van der Waals surface area contributed by atoms with E-state index in [1.165, 1.54) is 0 Å². The zero-order valence-corrected chi connectivity index (χ0v) is 13.3. The molecule has 1 rings (SSSR count). The van der Waals surface area contributed by atoms with Gasteiger partial charge in [0.25, 0.3) is 0 Å². The molecule has 1 aromatic rings. The van der Waals surface area contributed by atoms with Gasteiger partial charge in [-0.1, -0.05) is 20.8 Å². The first-order chi connectivity index (χ1) is 9.47. The lowest BCUT2D eigenvalue weighted by Crippen LogP contribution is -2.36. The molecule has 0 amide bonds. The van der Waals surface area contributed by atoms with E-state index in [1.54, 1.807) is 6.33 Å². The summed E-state index contributed by atoms with van der Waals surface area (Å²) in [5.41, 5.74) is 0.947. The summed E-state index contributed by atoms with van der Waals surface area (Å²) >= 11 is 0. The maximum atomic E-state index is 9.24. The number of rotatable bonds is 8. The first-order valence-corrected chi connectivity index (χ1v) is 7.45. The van der Waals surface area contributed by atoms with Crippen LogP contribution in [0.2, 0.25) is 0 Å². The molecular formula is C15H28N4O. The Kier molecular flexibility index (Phi) is 6.20. The Morgan fingerprint density at radius 3 is 2.40 bits per heavy atom. The van der Waals surface area contributed by atoms with Gasteiger partial charge in [-0.15, -0.1) is 0 Å². The van der Waals surface area contributed by atoms with Crippen LogP contribution in [-0.2, 0) is 0 Å². The SMILES string of the molecule is CCNc1ncnc(NC(C)(CC)CCO)c1C(C)C. The van der Waals surface area contributed by atoms with E-state index >= 15 is 0 Å². The molecule has 0 aliphatic heterocycles. The van der Waals surface area contributed by atoms with E-state index in [1.807, 2.05) is 0 Å². The maximum absolute atomic E-state index is 9.24. The summed E-state index contributed by atoms with van der Waals surface area (Å²) < 4.78 is 0. The van der Waals surface area contributed by atoms with Crippen LogP contribution in [-0.4, -0.2) is 33.8 Å². The first-order valence-electron chi connectivity index (χ1n) is 7.45. The number of hydrogen-bond donors (Lipinski definition) is 3. The summed E-state index contributed by atoms with van der Waals surface area (Å²) in [5, 5.41) is 16.0. The molecule has 1 atom stereocenters. The van der Waals surface area contributed by atoms with Crippen molar-refractivity contribution in [3.05, 3.63) is 11.9 Å². The van der Waals surface area contributed by atoms with Crippen molar-refractivity contribution >= 4 is 11.6 Å². The minimum Gasteiger partial charge on any atom is -0.396 e. The summed E-state index contributed by atoms with van der Waals surface area (Å²) in [4.78, 5) is 8.75. The third-order valence-corrected chi connectivity index (χ3v) is 3.67. The Hall–Kier alpha value is -1.36. The third kappa shape index (κ3) is 4.07. The summed E-state index contributed by atoms with van der Waals surface area (Å²) in [6, 6.07) is 0. The molecule has 0 bridgehead atoms. The molecule has 0 aromatic carbocycles. The smallest absolute Gasteiger partial charge is 0.135 e. The van der Waals surface area contributed by atoms with Gasteiger partial charge in [-0.05, 0) is 32.6 Å².